The minimum Gasteiger partial charge on any atom is -0.484 e. The van der Waals surface area contributed by atoms with Gasteiger partial charge in [-0.2, -0.15) is 0 Å². The highest BCUT2D eigenvalue weighted by atomic mass is 16.5. The third-order valence-corrected chi connectivity index (χ3v) is 9.40. The van der Waals surface area contributed by atoms with Gasteiger partial charge in [-0.05, 0) is 63.9 Å². The summed E-state index contributed by atoms with van der Waals surface area (Å²) >= 11 is 0. The Labute approximate surface area is 269 Å². The number of hydrogen-bond acceptors (Lipinski definition) is 2. The monoisotopic (exact) mass is 589 g/mol. The molecule has 2 nitrogen and oxygen atoms in total. The first-order valence-corrected chi connectivity index (χ1v) is 15.9. The molecule has 2 aliphatic rings. The molecule has 9 rings (SSSR count). The van der Waals surface area contributed by atoms with Crippen LogP contribution in [0.1, 0.15) is 17.0 Å². The van der Waals surface area contributed by atoms with E-state index in [2.05, 4.69) is 181 Å². The molecule has 7 aromatic carbocycles. The van der Waals surface area contributed by atoms with Crippen molar-refractivity contribution in [2.45, 2.75) is 12.0 Å². The van der Waals surface area contributed by atoms with Crippen LogP contribution in [0.5, 0.6) is 5.75 Å². The number of fused-ring (bicyclic) bond motifs is 6. The first-order chi connectivity index (χ1) is 22.8. The maximum atomic E-state index is 6.98. The minimum absolute atomic E-state index is 0.0878. The molecule has 0 bridgehead atoms. The van der Waals surface area contributed by atoms with Crippen LogP contribution in [0.2, 0.25) is 0 Å². The number of nitrogens with zero attached hydrogens (tertiary/aromatic N) is 1. The topological polar surface area (TPSA) is 12.5 Å². The fourth-order valence-electron chi connectivity index (χ4n) is 7.18. The Morgan fingerprint density at radius 3 is 1.93 bits per heavy atom. The Hall–Kier alpha value is -5.86. The summed E-state index contributed by atoms with van der Waals surface area (Å²) in [7, 11) is 0. The van der Waals surface area contributed by atoms with Gasteiger partial charge in [-0.25, -0.2) is 0 Å². The lowest BCUT2D eigenvalue weighted by Crippen LogP contribution is -2.21. The van der Waals surface area contributed by atoms with Crippen molar-refractivity contribution in [3.63, 3.8) is 0 Å². The molecule has 0 fully saturated rings. The van der Waals surface area contributed by atoms with Crippen LogP contribution in [0.25, 0.3) is 38.2 Å². The van der Waals surface area contributed by atoms with Crippen molar-refractivity contribution in [3.8, 4) is 16.9 Å². The summed E-state index contributed by atoms with van der Waals surface area (Å²) < 4.78 is 6.98. The molecular formula is C44H31NO. The second kappa shape index (κ2) is 10.9. The number of rotatable bonds is 5. The molecule has 1 heterocycles. The molecule has 0 aromatic heterocycles. The van der Waals surface area contributed by atoms with Gasteiger partial charge in [0, 0.05) is 39.2 Å². The van der Waals surface area contributed by atoms with Gasteiger partial charge in [0.15, 0.2) is 0 Å². The van der Waals surface area contributed by atoms with Crippen molar-refractivity contribution in [1.29, 1.82) is 0 Å². The molecule has 0 saturated heterocycles. The van der Waals surface area contributed by atoms with Gasteiger partial charge in [0.05, 0.1) is 5.69 Å². The fraction of sp³-hybridized carbons (Fsp3) is 0.0455. The van der Waals surface area contributed by atoms with Gasteiger partial charge in [-0.15, -0.1) is 0 Å². The number of ether oxygens (including phenoxy) is 1. The molecule has 46 heavy (non-hydrogen) atoms. The number of allylic oxidation sites excluding steroid dienone is 2. The highest BCUT2D eigenvalue weighted by molar-refractivity contribution is 6.04. The molecule has 0 saturated carbocycles. The zero-order valence-electron chi connectivity index (χ0n) is 25.3. The summed E-state index contributed by atoms with van der Waals surface area (Å²) in [6.45, 7) is 0. The third-order valence-electron chi connectivity index (χ3n) is 9.40. The van der Waals surface area contributed by atoms with E-state index >= 15 is 0 Å². The number of benzene rings is 7. The van der Waals surface area contributed by atoms with Crippen molar-refractivity contribution in [2.24, 2.45) is 0 Å². The van der Waals surface area contributed by atoms with E-state index < -0.39 is 0 Å². The van der Waals surface area contributed by atoms with E-state index in [4.69, 9.17) is 4.74 Å². The van der Waals surface area contributed by atoms with E-state index in [0.717, 1.165) is 33.6 Å². The van der Waals surface area contributed by atoms with Crippen LogP contribution in [0, 0.1) is 0 Å². The van der Waals surface area contributed by atoms with Gasteiger partial charge >= 0.3 is 0 Å². The summed E-state index contributed by atoms with van der Waals surface area (Å²) in [5.74, 6) is 1.10. The van der Waals surface area contributed by atoms with Crippen LogP contribution in [0.3, 0.4) is 0 Å². The molecular weight excluding hydrogens is 558 g/mol. The predicted octanol–water partition coefficient (Wildman–Crippen LogP) is 11.6. The Kier molecular flexibility index (Phi) is 6.31. The summed E-state index contributed by atoms with van der Waals surface area (Å²) in [5, 5.41) is 4.79. The highest BCUT2D eigenvalue weighted by Gasteiger charge is 2.39. The maximum absolute atomic E-state index is 6.98. The van der Waals surface area contributed by atoms with Crippen molar-refractivity contribution >= 4 is 44.2 Å². The smallest absolute Gasteiger partial charge is 0.135 e. The van der Waals surface area contributed by atoms with Crippen LogP contribution >= 0.6 is 0 Å². The third kappa shape index (κ3) is 4.42. The van der Waals surface area contributed by atoms with Crippen LogP contribution in [0.15, 0.2) is 176 Å². The quantitative estimate of drug-likeness (QED) is 0.198. The van der Waals surface area contributed by atoms with E-state index in [1.54, 1.807) is 0 Å². The Bertz CT molecular complexity index is 2280. The lowest BCUT2D eigenvalue weighted by Gasteiger charge is -2.28. The van der Waals surface area contributed by atoms with E-state index in [0.29, 0.717) is 0 Å². The standard InChI is InChI=1S/C44H31NO/c1-3-12-30(13-4-1)32-24-26-36(27-25-32)45(35-16-5-2-6-17-35)42-29-41-40-21-11-20-37(34-23-22-31-14-7-8-15-33(31)28-34)43(40)46-44(41)39-19-10-9-18-38(39)42/h1-29,40,43H. The number of anilines is 3. The average molecular weight is 590 g/mol. The van der Waals surface area contributed by atoms with Gasteiger partial charge in [0.2, 0.25) is 0 Å². The van der Waals surface area contributed by atoms with Gasteiger partial charge in [-0.3, -0.25) is 0 Å². The average Bonchev–Trinajstić information content (AvgIpc) is 3.52. The summed E-state index contributed by atoms with van der Waals surface area (Å²) in [4.78, 5) is 2.39. The SMILES string of the molecule is C1=CC2c3cc(N(c4ccccc4)c4ccc(-c5ccccc5)cc4)c4ccccc4c3OC2C(c2ccc3ccccc3c2)=C1. The number of hydrogen-bond donors (Lipinski definition) is 0. The lowest BCUT2D eigenvalue weighted by atomic mass is 9.83. The zero-order chi connectivity index (χ0) is 30.5. The van der Waals surface area contributed by atoms with E-state index in [9.17, 15) is 0 Å². The number of para-hydroxylation sites is 1. The molecule has 2 unspecified atom stereocenters. The lowest BCUT2D eigenvalue weighted by molar-refractivity contribution is 0.281. The van der Waals surface area contributed by atoms with E-state index in [-0.39, 0.29) is 12.0 Å². The minimum atomic E-state index is -0.0878. The van der Waals surface area contributed by atoms with Crippen molar-refractivity contribution in [2.75, 3.05) is 4.90 Å². The molecule has 218 valence electrons. The Morgan fingerprint density at radius 2 is 1.13 bits per heavy atom. The van der Waals surface area contributed by atoms with Gasteiger partial charge < -0.3 is 9.64 Å². The molecule has 0 N–H and O–H groups in total. The summed E-state index contributed by atoms with van der Waals surface area (Å²) in [5.41, 5.74) is 9.44. The Balaban J connectivity index is 1.18. The predicted molar refractivity (Wildman–Crippen MR) is 192 cm³/mol. The van der Waals surface area contributed by atoms with Gasteiger partial charge in [-0.1, -0.05) is 140 Å². The van der Waals surface area contributed by atoms with Crippen molar-refractivity contribution in [1.82, 2.24) is 0 Å². The molecule has 0 amide bonds. The molecule has 2 atom stereocenters. The second-order valence-corrected chi connectivity index (χ2v) is 12.1. The van der Waals surface area contributed by atoms with Gasteiger partial charge in [0.1, 0.15) is 11.9 Å². The zero-order valence-corrected chi connectivity index (χ0v) is 25.3. The molecule has 1 aliphatic carbocycles. The van der Waals surface area contributed by atoms with Crippen molar-refractivity contribution in [3.05, 3.63) is 187 Å². The summed E-state index contributed by atoms with van der Waals surface area (Å²) in [6, 6.07) is 56.5. The molecule has 0 spiro atoms. The molecule has 0 radical (unpaired) electrons. The first-order valence-electron chi connectivity index (χ1n) is 15.9. The van der Waals surface area contributed by atoms with Crippen molar-refractivity contribution < 1.29 is 4.74 Å². The normalized spacial score (nSPS) is 16.5. The van der Waals surface area contributed by atoms with E-state index in [1.807, 2.05) is 0 Å². The summed E-state index contributed by atoms with van der Waals surface area (Å²) in [6.07, 6.45) is 6.65. The van der Waals surface area contributed by atoms with Crippen LogP contribution in [-0.2, 0) is 0 Å². The largest absolute Gasteiger partial charge is 0.484 e. The first kappa shape index (κ1) is 26.5. The fourth-order valence-corrected chi connectivity index (χ4v) is 7.18. The maximum Gasteiger partial charge on any atom is 0.135 e. The van der Waals surface area contributed by atoms with E-state index in [1.165, 1.54) is 38.6 Å². The van der Waals surface area contributed by atoms with Crippen LogP contribution in [-0.4, -0.2) is 6.10 Å². The highest BCUT2D eigenvalue weighted by Crippen LogP contribution is 2.53. The Morgan fingerprint density at radius 1 is 0.500 bits per heavy atom. The van der Waals surface area contributed by atoms with Crippen LogP contribution in [0.4, 0.5) is 17.1 Å². The molecule has 1 aliphatic heterocycles. The second-order valence-electron chi connectivity index (χ2n) is 12.1. The molecule has 7 aromatic rings. The molecule has 2 heteroatoms. The van der Waals surface area contributed by atoms with Gasteiger partial charge in [0.25, 0.3) is 0 Å². The van der Waals surface area contributed by atoms with Crippen LogP contribution < -0.4 is 9.64 Å².